The molecule has 2 aromatic carbocycles. The number of para-hydroxylation sites is 1. The number of fused-ring (bicyclic) bond motifs is 1. The van der Waals surface area contributed by atoms with Crippen LogP contribution in [-0.4, -0.2) is 29.7 Å². The van der Waals surface area contributed by atoms with Crippen molar-refractivity contribution < 1.29 is 24.2 Å². The zero-order valence-electron chi connectivity index (χ0n) is 20.4. The number of carboxylic acids is 1. The van der Waals surface area contributed by atoms with E-state index in [9.17, 15) is 14.7 Å². The van der Waals surface area contributed by atoms with Gasteiger partial charge in [0.1, 0.15) is 11.9 Å². The summed E-state index contributed by atoms with van der Waals surface area (Å²) in [6.45, 7) is 7.87. The van der Waals surface area contributed by atoms with Crippen molar-refractivity contribution in [1.29, 1.82) is 0 Å². The zero-order valence-corrected chi connectivity index (χ0v) is 20.4. The lowest BCUT2D eigenvalue weighted by Crippen LogP contribution is -2.57. The number of carbonyl (C=O) groups is 2. The van der Waals surface area contributed by atoms with Crippen LogP contribution in [-0.2, 0) is 20.7 Å². The lowest BCUT2D eigenvalue weighted by molar-refractivity contribution is -0.149. The number of hydrogen-bond donors (Lipinski definition) is 2. The lowest BCUT2D eigenvalue weighted by atomic mass is 9.66. The van der Waals surface area contributed by atoms with Gasteiger partial charge < -0.3 is 19.9 Å². The van der Waals surface area contributed by atoms with E-state index < -0.39 is 29.3 Å². The van der Waals surface area contributed by atoms with Gasteiger partial charge in [0.05, 0.1) is 18.6 Å². The summed E-state index contributed by atoms with van der Waals surface area (Å²) in [6, 6.07) is 15.9. The molecule has 0 saturated heterocycles. The van der Waals surface area contributed by atoms with Crippen LogP contribution in [0.15, 0.2) is 59.8 Å². The number of nitrogens with one attached hydrogen (secondary N) is 1. The summed E-state index contributed by atoms with van der Waals surface area (Å²) >= 11 is 0. The number of rotatable bonds is 5. The standard InChI is InChI=1S/C28H33NO5/c1-6-28(4)23(27(32)33-5)22(21(26(30)31)17(3)29-28)20-14-10-13-19-15-16(2)24(34-25(19)20)18-11-8-7-9-12-18/h7-14,16,22-24,29H,6,15H2,1-5H3,(H,30,31). The smallest absolute Gasteiger partial charge is 0.333 e. The highest BCUT2D eigenvalue weighted by Crippen LogP contribution is 2.50. The van der Waals surface area contributed by atoms with Gasteiger partial charge in [-0.05, 0) is 37.8 Å². The topological polar surface area (TPSA) is 84.9 Å². The molecule has 0 bridgehead atoms. The Hall–Kier alpha value is -3.28. The molecular weight excluding hydrogens is 430 g/mol. The molecule has 34 heavy (non-hydrogen) atoms. The van der Waals surface area contributed by atoms with Crippen molar-refractivity contribution in [1.82, 2.24) is 5.32 Å². The minimum absolute atomic E-state index is 0.163. The summed E-state index contributed by atoms with van der Waals surface area (Å²) in [5.41, 5.74) is 2.88. The number of carbonyl (C=O) groups excluding carboxylic acids is 1. The van der Waals surface area contributed by atoms with Gasteiger partial charge in [-0.1, -0.05) is 62.4 Å². The molecule has 2 aliphatic heterocycles. The Kier molecular flexibility index (Phi) is 6.43. The van der Waals surface area contributed by atoms with Gasteiger partial charge >= 0.3 is 11.9 Å². The molecule has 180 valence electrons. The fourth-order valence-electron chi connectivity index (χ4n) is 5.69. The van der Waals surface area contributed by atoms with Crippen molar-refractivity contribution in [3.63, 3.8) is 0 Å². The first kappa shape index (κ1) is 23.9. The monoisotopic (exact) mass is 463 g/mol. The van der Waals surface area contributed by atoms with Crippen LogP contribution in [0.4, 0.5) is 0 Å². The van der Waals surface area contributed by atoms with Crippen molar-refractivity contribution >= 4 is 11.9 Å². The molecule has 5 atom stereocenters. The maximum Gasteiger partial charge on any atom is 0.333 e. The van der Waals surface area contributed by atoms with Gasteiger partial charge in [0, 0.05) is 28.6 Å². The highest BCUT2D eigenvalue weighted by molar-refractivity contribution is 5.92. The fourth-order valence-corrected chi connectivity index (χ4v) is 5.69. The molecule has 0 spiro atoms. The Balaban J connectivity index is 1.92. The third kappa shape index (κ3) is 3.95. The number of hydrogen-bond acceptors (Lipinski definition) is 5. The van der Waals surface area contributed by atoms with Crippen molar-refractivity contribution in [2.45, 2.75) is 58.1 Å². The van der Waals surface area contributed by atoms with E-state index in [4.69, 9.17) is 9.47 Å². The molecule has 0 saturated carbocycles. The van der Waals surface area contributed by atoms with E-state index >= 15 is 0 Å². The third-order valence-corrected chi connectivity index (χ3v) is 7.52. The van der Waals surface area contributed by atoms with Gasteiger partial charge in [0.25, 0.3) is 0 Å². The zero-order chi connectivity index (χ0) is 24.6. The van der Waals surface area contributed by atoms with Gasteiger partial charge in [-0.15, -0.1) is 0 Å². The predicted octanol–water partition coefficient (Wildman–Crippen LogP) is 5.00. The normalized spacial score (nSPS) is 28.4. The van der Waals surface area contributed by atoms with Crippen LogP contribution in [0.5, 0.6) is 5.75 Å². The highest BCUT2D eigenvalue weighted by atomic mass is 16.5. The van der Waals surface area contributed by atoms with Crippen LogP contribution in [0.2, 0.25) is 0 Å². The number of ether oxygens (including phenoxy) is 2. The molecule has 2 heterocycles. The molecule has 0 radical (unpaired) electrons. The number of aliphatic carboxylic acids is 1. The van der Waals surface area contributed by atoms with E-state index in [1.54, 1.807) is 6.92 Å². The number of benzene rings is 2. The molecule has 2 N–H and O–H groups in total. The second-order valence-corrected chi connectivity index (χ2v) is 9.68. The van der Waals surface area contributed by atoms with E-state index in [0.717, 1.165) is 23.1 Å². The Morgan fingerprint density at radius 1 is 1.18 bits per heavy atom. The van der Waals surface area contributed by atoms with Crippen molar-refractivity contribution in [3.8, 4) is 5.75 Å². The molecule has 5 unspecified atom stereocenters. The number of carboxylic acid groups (broad SMARTS) is 1. The first-order chi connectivity index (χ1) is 16.2. The van der Waals surface area contributed by atoms with Crippen molar-refractivity contribution in [3.05, 3.63) is 76.5 Å². The fraction of sp³-hybridized carbons (Fsp3) is 0.429. The quantitative estimate of drug-likeness (QED) is 0.607. The van der Waals surface area contributed by atoms with Gasteiger partial charge in [-0.3, -0.25) is 4.79 Å². The average molecular weight is 464 g/mol. The molecule has 2 aromatic rings. The summed E-state index contributed by atoms with van der Waals surface area (Å²) in [5, 5.41) is 13.6. The van der Waals surface area contributed by atoms with Crippen molar-refractivity contribution in [2.75, 3.05) is 7.11 Å². The van der Waals surface area contributed by atoms with Crippen LogP contribution in [0.1, 0.15) is 62.8 Å². The molecule has 4 rings (SSSR count). The molecule has 0 aromatic heterocycles. The third-order valence-electron chi connectivity index (χ3n) is 7.52. The van der Waals surface area contributed by atoms with Gasteiger partial charge in [-0.25, -0.2) is 4.79 Å². The number of esters is 1. The van der Waals surface area contributed by atoms with Gasteiger partial charge in [-0.2, -0.15) is 0 Å². The Labute approximate surface area is 201 Å². The minimum atomic E-state index is -1.05. The second-order valence-electron chi connectivity index (χ2n) is 9.68. The SMILES string of the molecule is CCC1(C)NC(C)=C(C(=O)O)C(c2cccc3c2OC(c2ccccc2)C(C)C3)C1C(=O)OC. The van der Waals surface area contributed by atoms with E-state index in [1.165, 1.54) is 7.11 Å². The van der Waals surface area contributed by atoms with Crippen LogP contribution in [0.3, 0.4) is 0 Å². The molecule has 2 aliphatic rings. The molecule has 0 amide bonds. The first-order valence-corrected chi connectivity index (χ1v) is 11.8. The summed E-state index contributed by atoms with van der Waals surface area (Å²) in [4.78, 5) is 25.7. The van der Waals surface area contributed by atoms with Crippen LogP contribution in [0.25, 0.3) is 0 Å². The summed E-state index contributed by atoms with van der Waals surface area (Å²) in [5.74, 6) is -2.01. The van der Waals surface area contributed by atoms with Crippen LogP contribution in [0, 0.1) is 11.8 Å². The Morgan fingerprint density at radius 2 is 1.88 bits per heavy atom. The summed E-state index contributed by atoms with van der Waals surface area (Å²) in [6.07, 6.45) is 1.25. The maximum absolute atomic E-state index is 13.2. The Bertz CT molecular complexity index is 1120. The van der Waals surface area contributed by atoms with Crippen LogP contribution < -0.4 is 10.1 Å². The largest absolute Gasteiger partial charge is 0.485 e. The van der Waals surface area contributed by atoms with E-state index in [0.29, 0.717) is 17.9 Å². The lowest BCUT2D eigenvalue weighted by Gasteiger charge is -2.47. The first-order valence-electron chi connectivity index (χ1n) is 11.8. The van der Waals surface area contributed by atoms with E-state index in [-0.39, 0.29) is 17.6 Å². The molecular formula is C28H33NO5. The Morgan fingerprint density at radius 3 is 2.50 bits per heavy atom. The number of allylic oxidation sites excluding steroid dienone is 1. The molecule has 0 aliphatic carbocycles. The second kappa shape index (κ2) is 9.16. The van der Waals surface area contributed by atoms with Crippen molar-refractivity contribution in [2.24, 2.45) is 11.8 Å². The summed E-state index contributed by atoms with van der Waals surface area (Å²) in [7, 11) is 1.35. The molecule has 6 nitrogen and oxygen atoms in total. The minimum Gasteiger partial charge on any atom is -0.485 e. The predicted molar refractivity (Wildman–Crippen MR) is 130 cm³/mol. The summed E-state index contributed by atoms with van der Waals surface area (Å²) < 4.78 is 11.9. The average Bonchev–Trinajstić information content (AvgIpc) is 2.82. The maximum atomic E-state index is 13.2. The molecule has 6 heteroatoms. The van der Waals surface area contributed by atoms with Gasteiger partial charge in [0.2, 0.25) is 0 Å². The highest BCUT2D eigenvalue weighted by Gasteiger charge is 2.52. The van der Waals surface area contributed by atoms with Gasteiger partial charge in [0.15, 0.2) is 0 Å². The van der Waals surface area contributed by atoms with E-state index in [1.807, 2.05) is 50.2 Å². The number of methoxy groups -OCH3 is 1. The van der Waals surface area contributed by atoms with E-state index in [2.05, 4.69) is 24.4 Å². The van der Waals surface area contributed by atoms with Crippen LogP contribution >= 0.6 is 0 Å². The molecule has 0 fully saturated rings.